The lowest BCUT2D eigenvalue weighted by molar-refractivity contribution is -0.143. The molecular formula is C20H17N3O5. The van der Waals surface area contributed by atoms with Crippen molar-refractivity contribution in [3.63, 3.8) is 0 Å². The van der Waals surface area contributed by atoms with E-state index in [4.69, 9.17) is 4.42 Å². The highest BCUT2D eigenvalue weighted by Crippen LogP contribution is 2.48. The van der Waals surface area contributed by atoms with Crippen molar-refractivity contribution < 1.29 is 23.9 Å². The number of nitrogens with zero attached hydrogens (tertiary/aromatic N) is 2. The molecule has 2 N–H and O–H groups in total. The zero-order chi connectivity index (χ0) is 19.5. The summed E-state index contributed by atoms with van der Waals surface area (Å²) < 4.78 is 5.09. The SMILES string of the molecule is O=C(NC1(C(=O)O)CC(=O)N2CCC3C(=C21)N=C1C=CC=CC13)c1ccco1. The molecule has 3 atom stereocenters. The van der Waals surface area contributed by atoms with E-state index < -0.39 is 17.4 Å². The van der Waals surface area contributed by atoms with Crippen LogP contribution in [0.2, 0.25) is 0 Å². The number of amides is 2. The second kappa shape index (κ2) is 5.79. The summed E-state index contributed by atoms with van der Waals surface area (Å²) in [5.74, 6) is -2.25. The maximum atomic E-state index is 12.7. The minimum Gasteiger partial charge on any atom is -0.479 e. The van der Waals surface area contributed by atoms with E-state index in [2.05, 4.69) is 10.3 Å². The van der Waals surface area contributed by atoms with Crippen molar-refractivity contribution in [2.45, 2.75) is 18.4 Å². The lowest BCUT2D eigenvalue weighted by Gasteiger charge is -2.35. The first-order chi connectivity index (χ1) is 13.5. The number of carbonyl (C=O) groups excluding carboxylic acids is 2. The molecule has 0 bridgehead atoms. The van der Waals surface area contributed by atoms with Crippen molar-refractivity contribution >= 4 is 23.5 Å². The predicted molar refractivity (Wildman–Crippen MR) is 97.2 cm³/mol. The van der Waals surface area contributed by atoms with Gasteiger partial charge in [-0.25, -0.2) is 4.79 Å². The molecule has 0 radical (unpaired) electrons. The van der Waals surface area contributed by atoms with E-state index in [0.29, 0.717) is 18.7 Å². The second-order valence-electron chi connectivity index (χ2n) is 7.30. The molecule has 8 nitrogen and oxygen atoms in total. The number of carbonyl (C=O) groups is 3. The zero-order valence-corrected chi connectivity index (χ0v) is 14.8. The molecule has 3 unspecified atom stereocenters. The van der Waals surface area contributed by atoms with E-state index in [1.165, 1.54) is 17.2 Å². The second-order valence-corrected chi connectivity index (χ2v) is 7.30. The number of aliphatic carboxylic acids is 1. The van der Waals surface area contributed by atoms with Gasteiger partial charge in [0.25, 0.3) is 5.91 Å². The van der Waals surface area contributed by atoms with Gasteiger partial charge in [0, 0.05) is 24.1 Å². The number of fused-ring (bicyclic) bond motifs is 4. The Morgan fingerprint density at radius 3 is 2.96 bits per heavy atom. The minimum atomic E-state index is -1.86. The average Bonchev–Trinajstić information content (AvgIpc) is 3.38. The van der Waals surface area contributed by atoms with Crippen LogP contribution in [0.1, 0.15) is 23.4 Å². The number of hydrogen-bond acceptors (Lipinski definition) is 5. The summed E-state index contributed by atoms with van der Waals surface area (Å²) in [5, 5.41) is 12.7. The fraction of sp³-hybridized carbons (Fsp3) is 0.300. The van der Waals surface area contributed by atoms with Crippen LogP contribution in [0, 0.1) is 11.8 Å². The first-order valence-corrected chi connectivity index (χ1v) is 9.09. The molecule has 0 saturated carbocycles. The third kappa shape index (κ3) is 2.17. The molecule has 0 spiro atoms. The summed E-state index contributed by atoms with van der Waals surface area (Å²) in [6.07, 6.45) is 9.48. The van der Waals surface area contributed by atoms with Crippen LogP contribution in [0.4, 0.5) is 0 Å². The van der Waals surface area contributed by atoms with E-state index in [1.807, 2.05) is 24.3 Å². The maximum Gasteiger partial charge on any atom is 0.336 e. The summed E-state index contributed by atoms with van der Waals surface area (Å²) in [6, 6.07) is 2.99. The summed E-state index contributed by atoms with van der Waals surface area (Å²) >= 11 is 0. The Hall–Kier alpha value is -3.42. The number of aliphatic imine (C=N–C) groups is 1. The van der Waals surface area contributed by atoms with Crippen molar-refractivity contribution in [2.24, 2.45) is 16.8 Å². The highest BCUT2D eigenvalue weighted by atomic mass is 16.4. The highest BCUT2D eigenvalue weighted by Gasteiger charge is 2.59. The van der Waals surface area contributed by atoms with E-state index in [0.717, 1.165) is 5.71 Å². The molecule has 3 aliphatic heterocycles. The van der Waals surface area contributed by atoms with Crippen molar-refractivity contribution in [1.82, 2.24) is 10.2 Å². The van der Waals surface area contributed by atoms with Gasteiger partial charge in [0.1, 0.15) is 0 Å². The number of carboxylic acid groups (broad SMARTS) is 1. The molecule has 1 aromatic rings. The van der Waals surface area contributed by atoms with Gasteiger partial charge < -0.3 is 19.7 Å². The fourth-order valence-electron chi connectivity index (χ4n) is 4.56. The van der Waals surface area contributed by atoms with Crippen molar-refractivity contribution in [1.29, 1.82) is 0 Å². The van der Waals surface area contributed by atoms with E-state index in [1.54, 1.807) is 6.07 Å². The van der Waals surface area contributed by atoms with Crippen LogP contribution in [0.15, 0.2) is 63.5 Å². The Bertz CT molecular complexity index is 1020. The Kier molecular flexibility index (Phi) is 3.46. The summed E-state index contributed by atoms with van der Waals surface area (Å²) in [7, 11) is 0. The first-order valence-electron chi connectivity index (χ1n) is 9.09. The van der Waals surface area contributed by atoms with Crippen LogP contribution >= 0.6 is 0 Å². The Labute approximate surface area is 159 Å². The number of allylic oxidation sites excluding steroid dienone is 5. The van der Waals surface area contributed by atoms with E-state index in [-0.39, 0.29) is 35.6 Å². The van der Waals surface area contributed by atoms with Gasteiger partial charge in [0.2, 0.25) is 5.91 Å². The zero-order valence-electron chi connectivity index (χ0n) is 14.8. The average molecular weight is 379 g/mol. The van der Waals surface area contributed by atoms with Crippen LogP contribution < -0.4 is 5.32 Å². The van der Waals surface area contributed by atoms with Gasteiger partial charge in [-0.3, -0.25) is 14.6 Å². The quantitative estimate of drug-likeness (QED) is 0.826. The third-order valence-electron chi connectivity index (χ3n) is 5.81. The molecule has 1 saturated heterocycles. The number of carboxylic acids is 1. The summed E-state index contributed by atoms with van der Waals surface area (Å²) in [5.41, 5.74) is -0.145. The number of hydrogen-bond donors (Lipinski definition) is 2. The van der Waals surface area contributed by atoms with Crippen LogP contribution in [0.5, 0.6) is 0 Å². The third-order valence-corrected chi connectivity index (χ3v) is 5.81. The van der Waals surface area contributed by atoms with Gasteiger partial charge in [0.05, 0.1) is 24.1 Å². The molecule has 1 fully saturated rings. The van der Waals surface area contributed by atoms with Crippen LogP contribution in [-0.4, -0.2) is 45.6 Å². The van der Waals surface area contributed by atoms with E-state index >= 15 is 0 Å². The molecule has 0 aromatic carbocycles. The van der Waals surface area contributed by atoms with Gasteiger partial charge in [0.15, 0.2) is 11.3 Å². The number of rotatable bonds is 3. The smallest absolute Gasteiger partial charge is 0.336 e. The summed E-state index contributed by atoms with van der Waals surface area (Å²) in [4.78, 5) is 43.8. The summed E-state index contributed by atoms with van der Waals surface area (Å²) in [6.45, 7) is 0.408. The van der Waals surface area contributed by atoms with E-state index in [9.17, 15) is 19.5 Å². The van der Waals surface area contributed by atoms with Crippen molar-refractivity contribution in [2.75, 3.05) is 6.54 Å². The predicted octanol–water partition coefficient (Wildman–Crippen LogP) is 1.49. The molecular weight excluding hydrogens is 362 g/mol. The van der Waals surface area contributed by atoms with Gasteiger partial charge in [-0.1, -0.05) is 18.2 Å². The standard InChI is InChI=1S/C20H17N3O5/c24-15-10-20(19(26)27,22-18(25)14-6-3-9-28-14)17-16-12(7-8-23(15)17)11-4-1-2-5-13(11)21-16/h1-6,9,11-12H,7-8,10H2,(H,22,25)(H,26,27). The molecule has 1 aromatic heterocycles. The Balaban J connectivity index is 1.65. The lowest BCUT2D eigenvalue weighted by atomic mass is 9.80. The molecule has 4 heterocycles. The van der Waals surface area contributed by atoms with Crippen molar-refractivity contribution in [3.05, 3.63) is 59.9 Å². The molecule has 142 valence electrons. The Morgan fingerprint density at radius 2 is 2.21 bits per heavy atom. The molecule has 8 heteroatoms. The van der Waals surface area contributed by atoms with Gasteiger partial charge in [-0.05, 0) is 24.6 Å². The van der Waals surface area contributed by atoms with Gasteiger partial charge >= 0.3 is 5.97 Å². The van der Waals surface area contributed by atoms with Gasteiger partial charge in [-0.2, -0.15) is 0 Å². The molecule has 5 rings (SSSR count). The maximum absolute atomic E-state index is 12.7. The Morgan fingerprint density at radius 1 is 1.36 bits per heavy atom. The highest BCUT2D eigenvalue weighted by molar-refractivity contribution is 6.05. The van der Waals surface area contributed by atoms with Crippen LogP contribution in [0.25, 0.3) is 0 Å². The molecule has 28 heavy (non-hydrogen) atoms. The topological polar surface area (TPSA) is 112 Å². The fourth-order valence-corrected chi connectivity index (χ4v) is 4.56. The lowest BCUT2D eigenvalue weighted by Crippen LogP contribution is -2.56. The molecule has 2 amide bonds. The van der Waals surface area contributed by atoms with Gasteiger partial charge in [-0.15, -0.1) is 0 Å². The van der Waals surface area contributed by atoms with Crippen LogP contribution in [0.3, 0.4) is 0 Å². The number of furan rings is 1. The van der Waals surface area contributed by atoms with Crippen molar-refractivity contribution in [3.8, 4) is 0 Å². The first kappa shape index (κ1) is 16.7. The monoisotopic (exact) mass is 379 g/mol. The largest absolute Gasteiger partial charge is 0.479 e. The normalized spacial score (nSPS) is 30.1. The minimum absolute atomic E-state index is 0.00686. The van der Waals surface area contributed by atoms with Crippen LogP contribution in [-0.2, 0) is 9.59 Å². The molecule has 4 aliphatic rings. The number of nitrogens with one attached hydrogen (secondary N) is 1. The molecule has 1 aliphatic carbocycles.